The number of anilines is 1. The Bertz CT molecular complexity index is 603. The monoisotopic (exact) mass is 399 g/mol. The van der Waals surface area contributed by atoms with Gasteiger partial charge in [0, 0.05) is 24.8 Å². The van der Waals surface area contributed by atoms with Crippen LogP contribution in [0.2, 0.25) is 0 Å². The van der Waals surface area contributed by atoms with Crippen LogP contribution in [0.3, 0.4) is 0 Å². The molecule has 0 bridgehead atoms. The van der Waals surface area contributed by atoms with Crippen LogP contribution in [0.15, 0.2) is 24.3 Å². The van der Waals surface area contributed by atoms with Crippen molar-refractivity contribution in [2.75, 3.05) is 39.1 Å². The summed E-state index contributed by atoms with van der Waals surface area (Å²) in [6, 6.07) is 7.38. The number of piperidine rings is 1. The predicted octanol–water partition coefficient (Wildman–Crippen LogP) is 2.31. The van der Waals surface area contributed by atoms with Crippen molar-refractivity contribution in [3.05, 3.63) is 24.3 Å². The summed E-state index contributed by atoms with van der Waals surface area (Å²) in [4.78, 5) is 27.6. The number of methoxy groups -OCH3 is 1. The molecule has 1 saturated heterocycles. The van der Waals surface area contributed by atoms with Crippen molar-refractivity contribution in [3.63, 3.8) is 0 Å². The number of carbonyl (C=O) groups is 2. The van der Waals surface area contributed by atoms with Gasteiger partial charge in [0.2, 0.25) is 5.91 Å². The van der Waals surface area contributed by atoms with Gasteiger partial charge >= 0.3 is 5.97 Å². The zero-order valence-electron chi connectivity index (χ0n) is 16.2. The van der Waals surface area contributed by atoms with Crippen molar-refractivity contribution in [1.29, 1.82) is 0 Å². The molecule has 7 nitrogen and oxygen atoms in total. The lowest BCUT2D eigenvalue weighted by atomic mass is 10.0. The van der Waals surface area contributed by atoms with Crippen LogP contribution in [0.1, 0.15) is 26.2 Å². The van der Waals surface area contributed by atoms with E-state index in [0.717, 1.165) is 43.8 Å². The molecule has 152 valence electrons. The molecule has 2 rings (SSSR count). The second kappa shape index (κ2) is 11.1. The van der Waals surface area contributed by atoms with Gasteiger partial charge in [-0.2, -0.15) is 0 Å². The van der Waals surface area contributed by atoms with E-state index >= 15 is 0 Å². The average molecular weight is 400 g/mol. The molecule has 0 aromatic heterocycles. The summed E-state index contributed by atoms with van der Waals surface area (Å²) in [5.74, 6) is -0.0576. The standard InChI is InChI=1S/C19H29N3O4.ClH/c1-4-17(19(25)20-14-5-7-16(26-3)8-6-14)22-11-9-15(10-12-22)21(2)13-18(23)24;/h5-8,15,17H,4,9-13H2,1-3H3,(H,20,25)(H,23,24);1H. The van der Waals surface area contributed by atoms with Crippen LogP contribution in [0.5, 0.6) is 5.75 Å². The Morgan fingerprint density at radius 2 is 1.89 bits per heavy atom. The van der Waals surface area contributed by atoms with Crippen molar-refractivity contribution in [2.24, 2.45) is 0 Å². The molecule has 1 fully saturated rings. The fourth-order valence-electron chi connectivity index (χ4n) is 3.49. The van der Waals surface area contributed by atoms with E-state index in [0.29, 0.717) is 0 Å². The summed E-state index contributed by atoms with van der Waals surface area (Å²) in [5.41, 5.74) is 0.755. The molecule has 0 saturated carbocycles. The van der Waals surface area contributed by atoms with Gasteiger partial charge in [-0.15, -0.1) is 12.4 Å². The number of aliphatic carboxylic acids is 1. The smallest absolute Gasteiger partial charge is 0.317 e. The number of amides is 1. The molecule has 1 aliphatic heterocycles. The Hall–Kier alpha value is -1.83. The molecule has 0 radical (unpaired) electrons. The van der Waals surface area contributed by atoms with Gasteiger partial charge in [-0.1, -0.05) is 6.92 Å². The quantitative estimate of drug-likeness (QED) is 0.698. The van der Waals surface area contributed by atoms with Gasteiger partial charge in [-0.25, -0.2) is 0 Å². The highest BCUT2D eigenvalue weighted by atomic mass is 35.5. The predicted molar refractivity (Wildman–Crippen MR) is 108 cm³/mol. The van der Waals surface area contributed by atoms with Crippen LogP contribution >= 0.6 is 12.4 Å². The van der Waals surface area contributed by atoms with Crippen molar-refractivity contribution in [1.82, 2.24) is 9.80 Å². The van der Waals surface area contributed by atoms with Gasteiger partial charge in [-0.3, -0.25) is 19.4 Å². The van der Waals surface area contributed by atoms with E-state index in [1.165, 1.54) is 0 Å². The van der Waals surface area contributed by atoms with Crippen LogP contribution in [-0.2, 0) is 9.59 Å². The molecule has 8 heteroatoms. The summed E-state index contributed by atoms with van der Waals surface area (Å²) in [5, 5.41) is 11.9. The molecule has 1 amide bonds. The molecular formula is C19H30ClN3O4. The zero-order valence-corrected chi connectivity index (χ0v) is 17.0. The number of ether oxygens (including phenoxy) is 1. The topological polar surface area (TPSA) is 82.1 Å². The normalized spacial score (nSPS) is 16.4. The van der Waals surface area contributed by atoms with E-state index < -0.39 is 5.97 Å². The number of likely N-dealkylation sites (N-methyl/N-ethyl adjacent to an activating group) is 1. The SMILES string of the molecule is CCC(C(=O)Nc1ccc(OC)cc1)N1CCC(N(C)CC(=O)O)CC1.Cl. The molecule has 1 aromatic carbocycles. The van der Waals surface area contributed by atoms with E-state index in [4.69, 9.17) is 9.84 Å². The first-order chi connectivity index (χ1) is 12.4. The maximum absolute atomic E-state index is 12.7. The van der Waals surface area contributed by atoms with Crippen LogP contribution in [0.4, 0.5) is 5.69 Å². The van der Waals surface area contributed by atoms with Gasteiger partial charge in [0.25, 0.3) is 0 Å². The first kappa shape index (κ1) is 23.2. The second-order valence-corrected chi connectivity index (χ2v) is 6.72. The summed E-state index contributed by atoms with van der Waals surface area (Å²) < 4.78 is 5.13. The fourth-order valence-corrected chi connectivity index (χ4v) is 3.49. The zero-order chi connectivity index (χ0) is 19.1. The summed E-state index contributed by atoms with van der Waals surface area (Å²) in [6.45, 7) is 3.66. The third kappa shape index (κ3) is 6.68. The Kier molecular flexibility index (Phi) is 9.55. The maximum Gasteiger partial charge on any atom is 0.317 e. The Morgan fingerprint density at radius 3 is 2.37 bits per heavy atom. The van der Waals surface area contributed by atoms with Crippen molar-refractivity contribution >= 4 is 30.0 Å². The number of carbonyl (C=O) groups excluding carboxylic acids is 1. The maximum atomic E-state index is 12.7. The molecule has 1 unspecified atom stereocenters. The van der Waals surface area contributed by atoms with E-state index in [1.54, 1.807) is 7.11 Å². The van der Waals surface area contributed by atoms with Crippen molar-refractivity contribution < 1.29 is 19.4 Å². The van der Waals surface area contributed by atoms with Crippen LogP contribution in [0, 0.1) is 0 Å². The number of benzene rings is 1. The molecule has 1 atom stereocenters. The fraction of sp³-hybridized carbons (Fsp3) is 0.579. The van der Waals surface area contributed by atoms with Gasteiger partial charge in [-0.05, 0) is 50.6 Å². The van der Waals surface area contributed by atoms with Gasteiger partial charge in [0.15, 0.2) is 0 Å². The average Bonchev–Trinajstić information content (AvgIpc) is 2.63. The molecule has 0 aliphatic carbocycles. The highest BCUT2D eigenvalue weighted by Gasteiger charge is 2.30. The minimum atomic E-state index is -0.805. The van der Waals surface area contributed by atoms with Crippen molar-refractivity contribution in [2.45, 2.75) is 38.3 Å². The number of hydrogen-bond donors (Lipinski definition) is 2. The second-order valence-electron chi connectivity index (χ2n) is 6.72. The highest BCUT2D eigenvalue weighted by Crippen LogP contribution is 2.20. The van der Waals surface area contributed by atoms with Gasteiger partial charge < -0.3 is 15.2 Å². The number of rotatable bonds is 8. The van der Waals surface area contributed by atoms with Crippen LogP contribution < -0.4 is 10.1 Å². The summed E-state index contributed by atoms with van der Waals surface area (Å²) >= 11 is 0. The van der Waals surface area contributed by atoms with E-state index in [-0.39, 0.29) is 36.9 Å². The first-order valence-electron chi connectivity index (χ1n) is 9.05. The molecule has 1 aromatic rings. The Labute approximate surface area is 167 Å². The van der Waals surface area contributed by atoms with E-state index in [9.17, 15) is 9.59 Å². The minimum Gasteiger partial charge on any atom is -0.497 e. The lowest BCUT2D eigenvalue weighted by Gasteiger charge is -2.39. The minimum absolute atomic E-state index is 0. The largest absolute Gasteiger partial charge is 0.497 e. The lowest BCUT2D eigenvalue weighted by molar-refractivity contribution is -0.138. The molecule has 1 aliphatic rings. The number of carboxylic acids is 1. The Balaban J connectivity index is 0.00000364. The molecule has 27 heavy (non-hydrogen) atoms. The van der Waals surface area contributed by atoms with Crippen LogP contribution in [-0.4, -0.2) is 72.7 Å². The summed E-state index contributed by atoms with van der Waals surface area (Å²) in [6.07, 6.45) is 2.48. The third-order valence-electron chi connectivity index (χ3n) is 4.99. The van der Waals surface area contributed by atoms with Gasteiger partial charge in [0.05, 0.1) is 19.7 Å². The first-order valence-corrected chi connectivity index (χ1v) is 9.05. The van der Waals surface area contributed by atoms with Crippen molar-refractivity contribution in [3.8, 4) is 5.75 Å². The Morgan fingerprint density at radius 1 is 1.30 bits per heavy atom. The van der Waals surface area contributed by atoms with E-state index in [2.05, 4.69) is 10.2 Å². The molecule has 0 spiro atoms. The van der Waals surface area contributed by atoms with E-state index in [1.807, 2.05) is 43.1 Å². The third-order valence-corrected chi connectivity index (χ3v) is 4.99. The molecular weight excluding hydrogens is 370 g/mol. The number of likely N-dealkylation sites (tertiary alicyclic amines) is 1. The summed E-state index contributed by atoms with van der Waals surface area (Å²) in [7, 11) is 3.46. The number of nitrogens with one attached hydrogen (secondary N) is 1. The number of carboxylic acid groups (broad SMARTS) is 1. The highest BCUT2D eigenvalue weighted by molar-refractivity contribution is 5.94. The molecule has 2 N–H and O–H groups in total. The molecule has 1 heterocycles. The number of halogens is 1. The number of nitrogens with zero attached hydrogens (tertiary/aromatic N) is 2. The number of hydrogen-bond acceptors (Lipinski definition) is 5. The lowest BCUT2D eigenvalue weighted by Crippen LogP contribution is -2.51. The van der Waals surface area contributed by atoms with Crippen LogP contribution in [0.25, 0.3) is 0 Å². The van der Waals surface area contributed by atoms with Gasteiger partial charge in [0.1, 0.15) is 5.75 Å².